The summed E-state index contributed by atoms with van der Waals surface area (Å²) in [5, 5.41) is 2.24. The van der Waals surface area contributed by atoms with Crippen LogP contribution in [0.25, 0.3) is 10.8 Å². The molecule has 0 radical (unpaired) electrons. The third-order valence-electron chi connectivity index (χ3n) is 3.45. The van der Waals surface area contributed by atoms with Crippen LogP contribution in [0, 0.1) is 0 Å². The SMILES string of the molecule is COCCN(CCCN)c1nccc2cc(OC)ccc12. The van der Waals surface area contributed by atoms with E-state index in [1.165, 1.54) is 0 Å². The third kappa shape index (κ3) is 3.83. The van der Waals surface area contributed by atoms with Crippen LogP contribution >= 0.6 is 0 Å². The van der Waals surface area contributed by atoms with Gasteiger partial charge in [0.15, 0.2) is 0 Å². The molecular formula is C16H23N3O2. The first-order valence-corrected chi connectivity index (χ1v) is 7.17. The van der Waals surface area contributed by atoms with E-state index in [1.54, 1.807) is 14.2 Å². The molecule has 0 atom stereocenters. The van der Waals surface area contributed by atoms with Crippen LogP contribution in [0.1, 0.15) is 6.42 Å². The van der Waals surface area contributed by atoms with E-state index in [0.29, 0.717) is 13.2 Å². The average molecular weight is 289 g/mol. The predicted octanol–water partition coefficient (Wildman–Crippen LogP) is 2.04. The van der Waals surface area contributed by atoms with E-state index in [0.717, 1.165) is 41.9 Å². The van der Waals surface area contributed by atoms with Gasteiger partial charge in [-0.15, -0.1) is 0 Å². The summed E-state index contributed by atoms with van der Waals surface area (Å²) < 4.78 is 10.5. The van der Waals surface area contributed by atoms with Crippen molar-refractivity contribution in [2.75, 3.05) is 45.4 Å². The van der Waals surface area contributed by atoms with Crippen LogP contribution in [0.5, 0.6) is 5.75 Å². The average Bonchev–Trinajstić information content (AvgIpc) is 2.54. The Balaban J connectivity index is 2.36. The number of anilines is 1. The number of nitrogens with zero attached hydrogens (tertiary/aromatic N) is 2. The van der Waals surface area contributed by atoms with Gasteiger partial charge in [0.1, 0.15) is 11.6 Å². The monoisotopic (exact) mass is 289 g/mol. The van der Waals surface area contributed by atoms with Crippen LogP contribution in [0.4, 0.5) is 5.82 Å². The molecule has 0 fully saturated rings. The van der Waals surface area contributed by atoms with E-state index in [1.807, 2.05) is 24.4 Å². The first kappa shape index (κ1) is 15.5. The molecule has 0 aliphatic carbocycles. The molecular weight excluding hydrogens is 266 g/mol. The Hall–Kier alpha value is -1.85. The quantitative estimate of drug-likeness (QED) is 0.806. The van der Waals surface area contributed by atoms with Crippen LogP contribution < -0.4 is 15.4 Å². The zero-order valence-electron chi connectivity index (χ0n) is 12.7. The molecule has 114 valence electrons. The maximum atomic E-state index is 5.64. The van der Waals surface area contributed by atoms with Crippen molar-refractivity contribution in [3.8, 4) is 5.75 Å². The van der Waals surface area contributed by atoms with Crippen molar-refractivity contribution in [3.05, 3.63) is 30.5 Å². The van der Waals surface area contributed by atoms with Gasteiger partial charge in [0.25, 0.3) is 0 Å². The van der Waals surface area contributed by atoms with Crippen molar-refractivity contribution >= 4 is 16.6 Å². The van der Waals surface area contributed by atoms with Crippen LogP contribution in [-0.2, 0) is 4.74 Å². The third-order valence-corrected chi connectivity index (χ3v) is 3.45. The second kappa shape index (κ2) is 7.81. The molecule has 2 rings (SSSR count). The molecule has 1 aromatic heterocycles. The van der Waals surface area contributed by atoms with Crippen LogP contribution in [0.15, 0.2) is 30.5 Å². The minimum Gasteiger partial charge on any atom is -0.497 e. The number of nitrogens with two attached hydrogens (primary N) is 1. The van der Waals surface area contributed by atoms with Crippen molar-refractivity contribution in [2.24, 2.45) is 5.73 Å². The maximum absolute atomic E-state index is 5.64. The molecule has 0 aliphatic heterocycles. The molecule has 2 N–H and O–H groups in total. The number of hydrogen-bond donors (Lipinski definition) is 1. The molecule has 5 heteroatoms. The Kier molecular flexibility index (Phi) is 5.78. The van der Waals surface area contributed by atoms with Gasteiger partial charge in [-0.1, -0.05) is 0 Å². The molecule has 0 bridgehead atoms. The van der Waals surface area contributed by atoms with Gasteiger partial charge in [-0.2, -0.15) is 0 Å². The fraction of sp³-hybridized carbons (Fsp3) is 0.438. The fourth-order valence-electron chi connectivity index (χ4n) is 2.33. The number of benzene rings is 1. The second-order valence-electron chi connectivity index (χ2n) is 4.84. The van der Waals surface area contributed by atoms with Gasteiger partial charge in [0.05, 0.1) is 13.7 Å². The first-order chi connectivity index (χ1) is 10.3. The maximum Gasteiger partial charge on any atom is 0.136 e. The topological polar surface area (TPSA) is 60.6 Å². The molecule has 21 heavy (non-hydrogen) atoms. The summed E-state index contributed by atoms with van der Waals surface area (Å²) in [4.78, 5) is 6.78. The van der Waals surface area contributed by atoms with Crippen molar-refractivity contribution < 1.29 is 9.47 Å². The largest absolute Gasteiger partial charge is 0.497 e. The Morgan fingerprint density at radius 2 is 2.05 bits per heavy atom. The number of aromatic nitrogens is 1. The van der Waals surface area contributed by atoms with Gasteiger partial charge in [0.2, 0.25) is 0 Å². The number of hydrogen-bond acceptors (Lipinski definition) is 5. The molecule has 0 saturated carbocycles. The smallest absolute Gasteiger partial charge is 0.136 e. The molecule has 0 aliphatic rings. The highest BCUT2D eigenvalue weighted by Crippen LogP contribution is 2.27. The van der Waals surface area contributed by atoms with Crippen LogP contribution in [0.3, 0.4) is 0 Å². The summed E-state index contributed by atoms with van der Waals surface area (Å²) in [6.07, 6.45) is 2.76. The lowest BCUT2D eigenvalue weighted by molar-refractivity contribution is 0.205. The van der Waals surface area contributed by atoms with Gasteiger partial charge in [-0.25, -0.2) is 4.98 Å². The highest BCUT2D eigenvalue weighted by atomic mass is 16.5. The lowest BCUT2D eigenvalue weighted by atomic mass is 10.1. The van der Waals surface area contributed by atoms with Crippen molar-refractivity contribution in [1.82, 2.24) is 4.98 Å². The van der Waals surface area contributed by atoms with E-state index in [2.05, 4.69) is 16.0 Å². The Morgan fingerprint density at radius 3 is 2.76 bits per heavy atom. The van der Waals surface area contributed by atoms with Crippen molar-refractivity contribution in [3.63, 3.8) is 0 Å². The standard InChI is InChI=1S/C16H23N3O2/c1-20-11-10-19(9-3-7-17)16-15-5-4-14(21-2)12-13(15)6-8-18-16/h4-6,8,12H,3,7,9-11,17H2,1-2H3. The number of methoxy groups -OCH3 is 2. The Labute approximate surface area is 125 Å². The summed E-state index contributed by atoms with van der Waals surface area (Å²) in [6, 6.07) is 8.04. The zero-order valence-corrected chi connectivity index (χ0v) is 12.7. The van der Waals surface area contributed by atoms with Gasteiger partial charge in [-0.05, 0) is 42.6 Å². The highest BCUT2D eigenvalue weighted by molar-refractivity contribution is 5.93. The summed E-state index contributed by atoms with van der Waals surface area (Å²) in [5.41, 5.74) is 5.64. The minimum atomic E-state index is 0.665. The lowest BCUT2D eigenvalue weighted by Gasteiger charge is -2.24. The Morgan fingerprint density at radius 1 is 1.19 bits per heavy atom. The van der Waals surface area contributed by atoms with Crippen LogP contribution in [-0.4, -0.2) is 45.4 Å². The second-order valence-corrected chi connectivity index (χ2v) is 4.84. The molecule has 0 spiro atoms. The van der Waals surface area contributed by atoms with Crippen molar-refractivity contribution in [1.29, 1.82) is 0 Å². The first-order valence-electron chi connectivity index (χ1n) is 7.17. The fourth-order valence-corrected chi connectivity index (χ4v) is 2.33. The summed E-state index contributed by atoms with van der Waals surface area (Å²) in [5.74, 6) is 1.82. The van der Waals surface area contributed by atoms with Gasteiger partial charge in [-0.3, -0.25) is 0 Å². The molecule has 0 unspecified atom stereocenters. The molecule has 0 saturated heterocycles. The molecule has 1 aromatic carbocycles. The molecule has 1 heterocycles. The van der Waals surface area contributed by atoms with E-state index >= 15 is 0 Å². The number of rotatable bonds is 8. The summed E-state index contributed by atoms with van der Waals surface area (Å²) in [7, 11) is 3.39. The molecule has 5 nitrogen and oxygen atoms in total. The highest BCUT2D eigenvalue weighted by Gasteiger charge is 2.11. The van der Waals surface area contributed by atoms with E-state index < -0.39 is 0 Å². The predicted molar refractivity (Wildman–Crippen MR) is 86.1 cm³/mol. The number of pyridine rings is 1. The van der Waals surface area contributed by atoms with Crippen LogP contribution in [0.2, 0.25) is 0 Å². The number of ether oxygens (including phenoxy) is 2. The van der Waals surface area contributed by atoms with E-state index in [-0.39, 0.29) is 0 Å². The van der Waals surface area contributed by atoms with E-state index in [9.17, 15) is 0 Å². The zero-order chi connectivity index (χ0) is 15.1. The van der Waals surface area contributed by atoms with E-state index in [4.69, 9.17) is 15.2 Å². The lowest BCUT2D eigenvalue weighted by Crippen LogP contribution is -2.30. The van der Waals surface area contributed by atoms with Crippen molar-refractivity contribution in [2.45, 2.75) is 6.42 Å². The summed E-state index contributed by atoms with van der Waals surface area (Å²) in [6.45, 7) is 3.01. The summed E-state index contributed by atoms with van der Waals surface area (Å²) >= 11 is 0. The molecule has 2 aromatic rings. The normalized spacial score (nSPS) is 10.8. The van der Waals surface area contributed by atoms with Gasteiger partial charge >= 0.3 is 0 Å². The number of fused-ring (bicyclic) bond motifs is 1. The molecule has 0 amide bonds. The minimum absolute atomic E-state index is 0.665. The van der Waals surface area contributed by atoms with Gasteiger partial charge < -0.3 is 20.1 Å². The van der Waals surface area contributed by atoms with Gasteiger partial charge in [0, 0.05) is 31.8 Å². The Bertz CT molecular complexity index is 566.